The monoisotopic (exact) mass is 383 g/mol. The van der Waals surface area contributed by atoms with Gasteiger partial charge in [-0.15, -0.1) is 27.8 Å². The number of fused-ring (bicyclic) bond motifs is 1. The highest BCUT2D eigenvalue weighted by atomic mass is 32.1. The van der Waals surface area contributed by atoms with E-state index in [4.69, 9.17) is 0 Å². The van der Waals surface area contributed by atoms with Crippen molar-refractivity contribution in [2.24, 2.45) is 0 Å². The number of amides is 2. The van der Waals surface area contributed by atoms with Gasteiger partial charge in [0.25, 0.3) is 0 Å². The van der Waals surface area contributed by atoms with E-state index in [0.29, 0.717) is 13.0 Å². The normalized spacial score (nSPS) is 11.0. The number of anilines is 1. The SMILES string of the molecule is Cc1cccc(NC(=O)NCCc2csc3nc(-c4cccs4)nn23)c1. The van der Waals surface area contributed by atoms with Crippen LogP contribution in [0.4, 0.5) is 10.5 Å². The molecule has 0 fully saturated rings. The summed E-state index contributed by atoms with van der Waals surface area (Å²) < 4.78 is 1.86. The Hall–Kier alpha value is -2.71. The van der Waals surface area contributed by atoms with Crippen LogP contribution in [0, 0.1) is 6.92 Å². The van der Waals surface area contributed by atoms with Gasteiger partial charge in [0.15, 0.2) is 5.82 Å². The number of benzene rings is 1. The quantitative estimate of drug-likeness (QED) is 0.543. The predicted molar refractivity (Wildman–Crippen MR) is 106 cm³/mol. The summed E-state index contributed by atoms with van der Waals surface area (Å²) in [6.07, 6.45) is 0.689. The highest BCUT2D eigenvalue weighted by Crippen LogP contribution is 2.24. The Balaban J connectivity index is 1.36. The second-order valence-corrected chi connectivity index (χ2v) is 7.62. The first-order valence-electron chi connectivity index (χ1n) is 8.17. The molecule has 1 aromatic carbocycles. The number of carbonyl (C=O) groups is 1. The third-order valence-corrected chi connectivity index (χ3v) is 5.56. The van der Waals surface area contributed by atoms with Crippen LogP contribution in [-0.4, -0.2) is 27.2 Å². The molecule has 0 aliphatic rings. The maximum atomic E-state index is 12.0. The van der Waals surface area contributed by atoms with Gasteiger partial charge in [0.2, 0.25) is 4.96 Å². The molecule has 26 heavy (non-hydrogen) atoms. The molecule has 0 aliphatic heterocycles. The third-order valence-electron chi connectivity index (χ3n) is 3.83. The first kappa shape index (κ1) is 16.7. The zero-order valence-corrected chi connectivity index (χ0v) is 15.7. The van der Waals surface area contributed by atoms with Crippen LogP contribution in [0.15, 0.2) is 47.2 Å². The number of nitrogens with one attached hydrogen (secondary N) is 2. The largest absolute Gasteiger partial charge is 0.337 e. The molecule has 2 amide bonds. The van der Waals surface area contributed by atoms with Crippen LogP contribution < -0.4 is 10.6 Å². The summed E-state index contributed by atoms with van der Waals surface area (Å²) >= 11 is 3.19. The van der Waals surface area contributed by atoms with E-state index in [-0.39, 0.29) is 6.03 Å². The Morgan fingerprint density at radius 2 is 2.15 bits per heavy atom. The number of thiophene rings is 1. The predicted octanol–water partition coefficient (Wildman–Crippen LogP) is 4.19. The molecule has 0 atom stereocenters. The summed E-state index contributed by atoms with van der Waals surface area (Å²) in [7, 11) is 0. The molecule has 0 spiro atoms. The zero-order valence-electron chi connectivity index (χ0n) is 14.1. The highest BCUT2D eigenvalue weighted by molar-refractivity contribution is 7.15. The number of hydrogen-bond donors (Lipinski definition) is 2. The summed E-state index contributed by atoms with van der Waals surface area (Å²) in [5.74, 6) is 0.748. The standard InChI is InChI=1S/C18H17N5OS2/c1-12-4-2-5-13(10-12)20-17(24)19-8-7-14-11-26-18-21-16(22-23(14)18)15-6-3-9-25-15/h2-6,9-11H,7-8H2,1H3,(H2,19,20,24). The molecule has 3 aromatic heterocycles. The number of nitrogens with zero attached hydrogens (tertiary/aromatic N) is 3. The molecule has 2 N–H and O–H groups in total. The third kappa shape index (κ3) is 3.61. The number of hydrogen-bond acceptors (Lipinski definition) is 5. The van der Waals surface area contributed by atoms with Crippen molar-refractivity contribution >= 4 is 39.4 Å². The molecule has 6 nitrogen and oxygen atoms in total. The van der Waals surface area contributed by atoms with Crippen LogP contribution in [0.2, 0.25) is 0 Å². The van der Waals surface area contributed by atoms with Crippen molar-refractivity contribution in [2.45, 2.75) is 13.3 Å². The molecule has 0 radical (unpaired) electrons. The molecule has 0 saturated heterocycles. The van der Waals surface area contributed by atoms with E-state index in [1.165, 1.54) is 0 Å². The van der Waals surface area contributed by atoms with Crippen LogP contribution in [0.1, 0.15) is 11.3 Å². The number of thiazole rings is 1. The Morgan fingerprint density at radius 1 is 1.23 bits per heavy atom. The fourth-order valence-electron chi connectivity index (χ4n) is 2.61. The number of carbonyl (C=O) groups excluding carboxylic acids is 1. The molecule has 0 saturated carbocycles. The van der Waals surface area contributed by atoms with E-state index >= 15 is 0 Å². The number of urea groups is 1. The molecular formula is C18H17N5OS2. The van der Waals surface area contributed by atoms with Gasteiger partial charge >= 0.3 is 6.03 Å². The second kappa shape index (κ2) is 7.27. The molecule has 0 aliphatic carbocycles. The molecular weight excluding hydrogens is 366 g/mol. The van der Waals surface area contributed by atoms with Crippen molar-refractivity contribution in [3.8, 4) is 10.7 Å². The molecule has 3 heterocycles. The van der Waals surface area contributed by atoms with Crippen molar-refractivity contribution < 1.29 is 4.79 Å². The van der Waals surface area contributed by atoms with E-state index in [1.54, 1.807) is 22.7 Å². The zero-order chi connectivity index (χ0) is 17.9. The summed E-state index contributed by atoms with van der Waals surface area (Å²) in [6.45, 7) is 2.52. The van der Waals surface area contributed by atoms with Crippen molar-refractivity contribution in [1.82, 2.24) is 19.9 Å². The first-order chi connectivity index (χ1) is 12.7. The van der Waals surface area contributed by atoms with Crippen LogP contribution in [0.5, 0.6) is 0 Å². The maximum absolute atomic E-state index is 12.0. The van der Waals surface area contributed by atoms with Gasteiger partial charge in [0.1, 0.15) is 0 Å². The summed E-state index contributed by atoms with van der Waals surface area (Å²) in [5, 5.41) is 14.4. The van der Waals surface area contributed by atoms with Crippen LogP contribution in [0.3, 0.4) is 0 Å². The molecule has 4 aromatic rings. The molecule has 0 bridgehead atoms. The van der Waals surface area contributed by atoms with Crippen LogP contribution >= 0.6 is 22.7 Å². The van der Waals surface area contributed by atoms with Gasteiger partial charge in [0.05, 0.1) is 10.6 Å². The van der Waals surface area contributed by atoms with Crippen molar-refractivity contribution in [3.63, 3.8) is 0 Å². The van der Waals surface area contributed by atoms with Crippen LogP contribution in [-0.2, 0) is 6.42 Å². The van der Waals surface area contributed by atoms with Crippen molar-refractivity contribution in [1.29, 1.82) is 0 Å². The molecule has 8 heteroatoms. The number of aryl methyl sites for hydroxylation is 1. The van der Waals surface area contributed by atoms with Crippen LogP contribution in [0.25, 0.3) is 15.7 Å². The second-order valence-electron chi connectivity index (χ2n) is 5.83. The van der Waals surface area contributed by atoms with Gasteiger partial charge in [-0.2, -0.15) is 4.98 Å². The number of aromatic nitrogens is 3. The Kier molecular flexibility index (Phi) is 4.68. The van der Waals surface area contributed by atoms with Gasteiger partial charge in [-0.1, -0.05) is 18.2 Å². The van der Waals surface area contributed by atoms with Gasteiger partial charge in [-0.3, -0.25) is 0 Å². The topological polar surface area (TPSA) is 71.3 Å². The fraction of sp³-hybridized carbons (Fsp3) is 0.167. The lowest BCUT2D eigenvalue weighted by atomic mass is 10.2. The van der Waals surface area contributed by atoms with Gasteiger partial charge in [0, 0.05) is 24.0 Å². The lowest BCUT2D eigenvalue weighted by molar-refractivity contribution is 0.252. The molecule has 0 unspecified atom stereocenters. The Labute approximate surface area is 158 Å². The van der Waals surface area contributed by atoms with E-state index in [0.717, 1.165) is 32.6 Å². The minimum atomic E-state index is -0.208. The Bertz CT molecular complexity index is 1040. The lowest BCUT2D eigenvalue weighted by Gasteiger charge is -2.07. The van der Waals surface area contributed by atoms with E-state index in [9.17, 15) is 4.79 Å². The number of rotatable bonds is 5. The average molecular weight is 384 g/mol. The highest BCUT2D eigenvalue weighted by Gasteiger charge is 2.12. The minimum absolute atomic E-state index is 0.208. The van der Waals surface area contributed by atoms with Gasteiger partial charge < -0.3 is 10.6 Å². The lowest BCUT2D eigenvalue weighted by Crippen LogP contribution is -2.30. The smallest absolute Gasteiger partial charge is 0.319 e. The summed E-state index contributed by atoms with van der Waals surface area (Å²) in [6, 6.07) is 11.5. The first-order valence-corrected chi connectivity index (χ1v) is 9.93. The fourth-order valence-corrected chi connectivity index (χ4v) is 4.12. The van der Waals surface area contributed by atoms with Gasteiger partial charge in [-0.25, -0.2) is 9.31 Å². The van der Waals surface area contributed by atoms with E-state index in [1.807, 2.05) is 58.6 Å². The van der Waals surface area contributed by atoms with E-state index < -0.39 is 0 Å². The van der Waals surface area contributed by atoms with Crippen molar-refractivity contribution in [3.05, 3.63) is 58.4 Å². The molecule has 132 valence electrons. The minimum Gasteiger partial charge on any atom is -0.337 e. The summed E-state index contributed by atoms with van der Waals surface area (Å²) in [4.78, 5) is 18.5. The molecule has 4 rings (SSSR count). The van der Waals surface area contributed by atoms with Crippen molar-refractivity contribution in [2.75, 3.05) is 11.9 Å². The van der Waals surface area contributed by atoms with Gasteiger partial charge in [-0.05, 0) is 36.1 Å². The van der Waals surface area contributed by atoms with E-state index in [2.05, 4.69) is 20.7 Å². The maximum Gasteiger partial charge on any atom is 0.319 e. The average Bonchev–Trinajstić information content (AvgIpc) is 3.32. The summed E-state index contributed by atoms with van der Waals surface area (Å²) in [5.41, 5.74) is 2.93. The Morgan fingerprint density at radius 3 is 2.96 bits per heavy atom.